The van der Waals surface area contributed by atoms with Gasteiger partial charge in [0, 0.05) is 19.3 Å². The lowest BCUT2D eigenvalue weighted by atomic mass is 10.2. The van der Waals surface area contributed by atoms with Gasteiger partial charge in [0.25, 0.3) is 0 Å². The predicted molar refractivity (Wildman–Crippen MR) is 124 cm³/mol. The zero-order chi connectivity index (χ0) is 19.5. The second-order valence-electron chi connectivity index (χ2n) is 6.05. The number of hydrogen-bond acceptors (Lipinski definition) is 4. The Labute approximate surface area is 184 Å². The van der Waals surface area contributed by atoms with Crippen molar-refractivity contribution in [3.05, 3.63) is 60.2 Å². The molecule has 0 bridgehead atoms. The molecule has 2 aromatic carbocycles. The van der Waals surface area contributed by atoms with Crippen molar-refractivity contribution in [2.75, 3.05) is 26.0 Å². The summed E-state index contributed by atoms with van der Waals surface area (Å²) in [6.45, 7) is 4.62. The smallest absolute Gasteiger partial charge is 0.191 e. The number of ether oxygens (including phenoxy) is 1. The third-order valence-corrected chi connectivity index (χ3v) is 4.87. The van der Waals surface area contributed by atoms with Crippen LogP contribution >= 0.6 is 24.0 Å². The molecule has 0 aliphatic carbocycles. The van der Waals surface area contributed by atoms with Gasteiger partial charge in [-0.2, -0.15) is 0 Å². The minimum atomic E-state index is -3.17. The molecule has 2 aromatic rings. The van der Waals surface area contributed by atoms with Crippen LogP contribution in [-0.2, 0) is 16.4 Å². The fourth-order valence-electron chi connectivity index (χ4n) is 2.34. The molecule has 2 N–H and O–H groups in total. The SMILES string of the molecule is CCNC(=NCc1ccc(S(C)(=O)=O)cc1)NCCCOc1ccccc1.I. The number of guanidine groups is 1. The van der Waals surface area contributed by atoms with Crippen LogP contribution in [0.5, 0.6) is 5.75 Å². The van der Waals surface area contributed by atoms with Crippen molar-refractivity contribution >= 4 is 39.8 Å². The fourth-order valence-corrected chi connectivity index (χ4v) is 2.97. The summed E-state index contributed by atoms with van der Waals surface area (Å²) in [5.41, 5.74) is 0.951. The molecular formula is C20H28IN3O3S. The number of sulfone groups is 1. The Kier molecular flexibility index (Phi) is 10.9. The van der Waals surface area contributed by atoms with E-state index >= 15 is 0 Å². The maximum atomic E-state index is 11.5. The van der Waals surface area contributed by atoms with Gasteiger partial charge in [-0.25, -0.2) is 13.4 Å². The summed E-state index contributed by atoms with van der Waals surface area (Å²) in [5, 5.41) is 6.48. The summed E-state index contributed by atoms with van der Waals surface area (Å²) in [7, 11) is -3.17. The summed E-state index contributed by atoms with van der Waals surface area (Å²) in [6, 6.07) is 16.5. The van der Waals surface area contributed by atoms with Crippen LogP contribution in [0.1, 0.15) is 18.9 Å². The molecule has 154 valence electrons. The van der Waals surface area contributed by atoms with Crippen LogP contribution in [0.15, 0.2) is 64.5 Å². The van der Waals surface area contributed by atoms with Gasteiger partial charge in [0.15, 0.2) is 15.8 Å². The van der Waals surface area contributed by atoms with Gasteiger partial charge in [-0.15, -0.1) is 24.0 Å². The Hall–Kier alpha value is -1.81. The van der Waals surface area contributed by atoms with Crippen LogP contribution in [-0.4, -0.2) is 40.3 Å². The van der Waals surface area contributed by atoms with E-state index in [4.69, 9.17) is 4.74 Å². The molecule has 0 spiro atoms. The van der Waals surface area contributed by atoms with Crippen LogP contribution in [0, 0.1) is 0 Å². The Morgan fingerprint density at radius 3 is 2.32 bits per heavy atom. The zero-order valence-electron chi connectivity index (χ0n) is 16.2. The molecule has 8 heteroatoms. The van der Waals surface area contributed by atoms with Gasteiger partial charge >= 0.3 is 0 Å². The first kappa shape index (κ1) is 24.2. The van der Waals surface area contributed by atoms with Gasteiger partial charge in [-0.05, 0) is 43.2 Å². The van der Waals surface area contributed by atoms with Gasteiger partial charge in [0.1, 0.15) is 5.75 Å². The quantitative estimate of drug-likeness (QED) is 0.231. The van der Waals surface area contributed by atoms with E-state index in [0.717, 1.165) is 36.8 Å². The fraction of sp³-hybridized carbons (Fsp3) is 0.350. The molecular weight excluding hydrogens is 489 g/mol. The molecule has 0 saturated heterocycles. The lowest BCUT2D eigenvalue weighted by molar-refractivity contribution is 0.311. The molecule has 0 fully saturated rings. The first-order valence-electron chi connectivity index (χ1n) is 8.98. The van der Waals surface area contributed by atoms with Crippen molar-refractivity contribution in [1.82, 2.24) is 10.6 Å². The zero-order valence-corrected chi connectivity index (χ0v) is 19.4. The largest absolute Gasteiger partial charge is 0.494 e. The number of aliphatic imine (C=N–C) groups is 1. The van der Waals surface area contributed by atoms with E-state index in [1.165, 1.54) is 6.26 Å². The van der Waals surface area contributed by atoms with Crippen LogP contribution in [0.25, 0.3) is 0 Å². The summed E-state index contributed by atoms with van der Waals surface area (Å²) < 4.78 is 28.7. The highest BCUT2D eigenvalue weighted by Gasteiger charge is 2.06. The van der Waals surface area contributed by atoms with E-state index in [-0.39, 0.29) is 24.0 Å². The summed E-state index contributed by atoms with van der Waals surface area (Å²) >= 11 is 0. The number of halogens is 1. The monoisotopic (exact) mass is 517 g/mol. The van der Waals surface area contributed by atoms with Crippen molar-refractivity contribution in [3.63, 3.8) is 0 Å². The molecule has 0 aliphatic rings. The van der Waals surface area contributed by atoms with E-state index in [1.807, 2.05) is 37.3 Å². The lowest BCUT2D eigenvalue weighted by Crippen LogP contribution is -2.38. The maximum Gasteiger partial charge on any atom is 0.191 e. The Balaban J connectivity index is 0.00000392. The van der Waals surface area contributed by atoms with Crippen LogP contribution < -0.4 is 15.4 Å². The maximum absolute atomic E-state index is 11.5. The lowest BCUT2D eigenvalue weighted by Gasteiger charge is -2.12. The Morgan fingerprint density at radius 1 is 1.04 bits per heavy atom. The van der Waals surface area contributed by atoms with Crippen molar-refractivity contribution in [2.24, 2.45) is 4.99 Å². The number of nitrogens with one attached hydrogen (secondary N) is 2. The molecule has 2 rings (SSSR count). The molecule has 0 saturated carbocycles. The molecule has 0 atom stereocenters. The summed E-state index contributed by atoms with van der Waals surface area (Å²) in [5.74, 6) is 1.60. The first-order valence-corrected chi connectivity index (χ1v) is 10.9. The number of benzene rings is 2. The first-order chi connectivity index (χ1) is 13.0. The molecule has 6 nitrogen and oxygen atoms in total. The molecule has 0 amide bonds. The van der Waals surface area contributed by atoms with Crippen molar-refractivity contribution in [2.45, 2.75) is 24.8 Å². The predicted octanol–water partition coefficient (Wildman–Crippen LogP) is 3.23. The topological polar surface area (TPSA) is 79.8 Å². The van der Waals surface area contributed by atoms with Crippen molar-refractivity contribution < 1.29 is 13.2 Å². The number of nitrogens with zero attached hydrogens (tertiary/aromatic N) is 1. The highest BCUT2D eigenvalue weighted by Crippen LogP contribution is 2.11. The number of para-hydroxylation sites is 1. The average Bonchev–Trinajstić information content (AvgIpc) is 2.66. The van der Waals surface area contributed by atoms with Gasteiger partial charge in [0.2, 0.25) is 0 Å². The number of hydrogen-bond donors (Lipinski definition) is 2. The highest BCUT2D eigenvalue weighted by molar-refractivity contribution is 14.0. The minimum Gasteiger partial charge on any atom is -0.494 e. The molecule has 0 aromatic heterocycles. The van der Waals surface area contributed by atoms with E-state index in [0.29, 0.717) is 18.0 Å². The van der Waals surface area contributed by atoms with Crippen molar-refractivity contribution in [3.8, 4) is 5.75 Å². The Bertz CT molecular complexity index is 826. The van der Waals surface area contributed by atoms with E-state index in [1.54, 1.807) is 24.3 Å². The molecule has 0 radical (unpaired) electrons. The third kappa shape index (κ3) is 8.92. The molecule has 0 aliphatic heterocycles. The van der Waals surface area contributed by atoms with Gasteiger partial charge in [0.05, 0.1) is 18.0 Å². The number of rotatable bonds is 9. The second kappa shape index (κ2) is 12.6. The molecule has 0 heterocycles. The molecule has 28 heavy (non-hydrogen) atoms. The summed E-state index contributed by atoms with van der Waals surface area (Å²) in [4.78, 5) is 4.85. The van der Waals surface area contributed by atoms with Gasteiger partial charge < -0.3 is 15.4 Å². The van der Waals surface area contributed by atoms with Gasteiger partial charge in [-0.1, -0.05) is 30.3 Å². The van der Waals surface area contributed by atoms with Crippen LogP contribution in [0.3, 0.4) is 0 Å². The van der Waals surface area contributed by atoms with E-state index in [9.17, 15) is 8.42 Å². The summed E-state index contributed by atoms with van der Waals surface area (Å²) in [6.07, 6.45) is 2.05. The van der Waals surface area contributed by atoms with Crippen LogP contribution in [0.2, 0.25) is 0 Å². The van der Waals surface area contributed by atoms with E-state index < -0.39 is 9.84 Å². The second-order valence-corrected chi connectivity index (χ2v) is 8.07. The highest BCUT2D eigenvalue weighted by atomic mass is 127. The third-order valence-electron chi connectivity index (χ3n) is 3.74. The van der Waals surface area contributed by atoms with Crippen molar-refractivity contribution in [1.29, 1.82) is 0 Å². The Morgan fingerprint density at radius 2 is 1.71 bits per heavy atom. The average molecular weight is 517 g/mol. The normalized spacial score (nSPS) is 11.4. The standard InChI is InChI=1S/C20H27N3O3S.HI/c1-3-21-20(22-14-7-15-26-18-8-5-4-6-9-18)23-16-17-10-12-19(13-11-17)27(2,24)25;/h4-6,8-13H,3,7,14-16H2,1-2H3,(H2,21,22,23);1H. The van der Waals surface area contributed by atoms with Gasteiger partial charge in [-0.3, -0.25) is 0 Å². The van der Waals surface area contributed by atoms with Crippen LogP contribution in [0.4, 0.5) is 0 Å². The van der Waals surface area contributed by atoms with E-state index in [2.05, 4.69) is 15.6 Å². The molecule has 0 unspecified atom stereocenters. The minimum absolute atomic E-state index is 0.